The molecule has 30 heavy (non-hydrogen) atoms. The van der Waals surface area contributed by atoms with Crippen molar-refractivity contribution in [3.05, 3.63) is 71.0 Å². The predicted octanol–water partition coefficient (Wildman–Crippen LogP) is 4.69. The minimum absolute atomic E-state index is 0.00862. The number of halogens is 3. The zero-order valence-electron chi connectivity index (χ0n) is 17.0. The van der Waals surface area contributed by atoms with E-state index in [0.29, 0.717) is 25.2 Å². The Hall–Kier alpha value is -2.34. The molecule has 2 heterocycles. The Kier molecular flexibility index (Phi) is 6.14. The predicted molar refractivity (Wildman–Crippen MR) is 109 cm³/mol. The molecule has 2 saturated heterocycles. The maximum Gasteiger partial charge on any atom is 0.226 e. The molecular formula is C24H27F3N2O. The first-order valence-electron chi connectivity index (χ1n) is 10.7. The third kappa shape index (κ3) is 4.69. The molecule has 4 rings (SSSR count). The summed E-state index contributed by atoms with van der Waals surface area (Å²) in [5.74, 6) is -1.63. The fourth-order valence-electron chi connectivity index (χ4n) is 5.09. The number of hydrogen-bond acceptors (Lipinski definition) is 2. The third-order valence-electron chi connectivity index (χ3n) is 6.55. The van der Waals surface area contributed by atoms with Crippen molar-refractivity contribution in [2.75, 3.05) is 19.6 Å². The highest BCUT2D eigenvalue weighted by atomic mass is 19.1. The molecule has 0 aromatic heterocycles. The summed E-state index contributed by atoms with van der Waals surface area (Å²) >= 11 is 0. The van der Waals surface area contributed by atoms with Gasteiger partial charge in [0.1, 0.15) is 17.5 Å². The van der Waals surface area contributed by atoms with Gasteiger partial charge in [-0.25, -0.2) is 13.2 Å². The Morgan fingerprint density at radius 3 is 2.27 bits per heavy atom. The highest BCUT2D eigenvalue weighted by Gasteiger charge is 2.42. The summed E-state index contributed by atoms with van der Waals surface area (Å²) in [5.41, 5.74) is 1.37. The van der Waals surface area contributed by atoms with Crippen LogP contribution in [0.4, 0.5) is 13.2 Å². The maximum atomic E-state index is 13.6. The smallest absolute Gasteiger partial charge is 0.226 e. The molecule has 1 amide bonds. The molecular weight excluding hydrogens is 389 g/mol. The first kappa shape index (κ1) is 20.9. The zero-order chi connectivity index (χ0) is 21.1. The van der Waals surface area contributed by atoms with Crippen molar-refractivity contribution in [3.8, 4) is 0 Å². The first-order chi connectivity index (χ1) is 14.4. The topological polar surface area (TPSA) is 23.6 Å². The molecule has 1 atom stereocenters. The molecule has 6 heteroatoms. The lowest BCUT2D eigenvalue weighted by Gasteiger charge is -2.38. The second-order valence-electron chi connectivity index (χ2n) is 8.57. The Bertz CT molecular complexity index is 899. The number of carbonyl (C=O) groups excluding carboxylic acids is 1. The Balaban J connectivity index is 1.41. The molecule has 2 aliphatic rings. The highest BCUT2D eigenvalue weighted by molar-refractivity contribution is 5.78. The average molecular weight is 416 g/mol. The van der Waals surface area contributed by atoms with Gasteiger partial charge in [0, 0.05) is 31.2 Å². The van der Waals surface area contributed by atoms with Gasteiger partial charge in [0.25, 0.3) is 0 Å². The standard InChI is InChI=1S/C24H27F3N2O/c25-20-5-1-4-18(12-20)17-29-10-3-7-24(29)6-2-9-28(11-8-24)23(30)15-19-13-21(26)16-22(27)14-19/h1,4-5,12-14,16H,2-3,6-11,15,17H2. The summed E-state index contributed by atoms with van der Waals surface area (Å²) < 4.78 is 40.5. The molecule has 0 N–H and O–H groups in total. The first-order valence-corrected chi connectivity index (χ1v) is 10.7. The number of likely N-dealkylation sites (tertiary alicyclic amines) is 2. The molecule has 2 aliphatic heterocycles. The SMILES string of the molecule is O=C(Cc1cc(F)cc(F)c1)N1CCCC2(CCCN2Cc2cccc(F)c2)CC1. The van der Waals surface area contributed by atoms with E-state index in [2.05, 4.69) is 4.90 Å². The van der Waals surface area contributed by atoms with E-state index in [1.54, 1.807) is 12.1 Å². The molecule has 2 aromatic rings. The van der Waals surface area contributed by atoms with Crippen molar-refractivity contribution in [3.63, 3.8) is 0 Å². The van der Waals surface area contributed by atoms with Gasteiger partial charge in [0.2, 0.25) is 5.91 Å². The lowest BCUT2D eigenvalue weighted by Crippen LogP contribution is -2.44. The van der Waals surface area contributed by atoms with Crippen LogP contribution in [0.3, 0.4) is 0 Å². The van der Waals surface area contributed by atoms with Crippen LogP contribution >= 0.6 is 0 Å². The van der Waals surface area contributed by atoms with E-state index in [0.717, 1.165) is 50.3 Å². The van der Waals surface area contributed by atoms with Gasteiger partial charge in [0.15, 0.2) is 0 Å². The maximum absolute atomic E-state index is 13.6. The van der Waals surface area contributed by atoms with Gasteiger partial charge in [-0.15, -0.1) is 0 Å². The van der Waals surface area contributed by atoms with Gasteiger partial charge in [-0.3, -0.25) is 9.69 Å². The lowest BCUT2D eigenvalue weighted by atomic mass is 9.87. The summed E-state index contributed by atoms with van der Waals surface area (Å²) in [6.45, 7) is 2.99. The van der Waals surface area contributed by atoms with Crippen LogP contribution in [0.25, 0.3) is 0 Å². The van der Waals surface area contributed by atoms with Crippen LogP contribution in [0, 0.1) is 17.5 Å². The molecule has 1 spiro atoms. The quantitative estimate of drug-likeness (QED) is 0.722. The lowest BCUT2D eigenvalue weighted by molar-refractivity contribution is -0.130. The van der Waals surface area contributed by atoms with Gasteiger partial charge >= 0.3 is 0 Å². The highest BCUT2D eigenvalue weighted by Crippen LogP contribution is 2.39. The van der Waals surface area contributed by atoms with Gasteiger partial charge in [0.05, 0.1) is 6.42 Å². The van der Waals surface area contributed by atoms with Crippen LogP contribution in [0.15, 0.2) is 42.5 Å². The van der Waals surface area contributed by atoms with Gasteiger partial charge in [-0.1, -0.05) is 12.1 Å². The Labute approximate surface area is 175 Å². The Morgan fingerprint density at radius 2 is 1.53 bits per heavy atom. The number of carbonyl (C=O) groups is 1. The van der Waals surface area contributed by atoms with Crippen molar-refractivity contribution in [1.82, 2.24) is 9.80 Å². The summed E-state index contributed by atoms with van der Waals surface area (Å²) in [6, 6.07) is 10.0. The second kappa shape index (κ2) is 8.80. The normalized spacial score (nSPS) is 22.4. The number of nitrogens with zero attached hydrogens (tertiary/aromatic N) is 2. The number of benzene rings is 2. The minimum Gasteiger partial charge on any atom is -0.342 e. The number of rotatable bonds is 4. The monoisotopic (exact) mass is 416 g/mol. The molecule has 0 radical (unpaired) electrons. The fourth-order valence-corrected chi connectivity index (χ4v) is 5.09. The molecule has 0 bridgehead atoms. The van der Waals surface area contributed by atoms with Crippen LogP contribution in [0.5, 0.6) is 0 Å². The zero-order valence-corrected chi connectivity index (χ0v) is 17.0. The van der Waals surface area contributed by atoms with E-state index < -0.39 is 11.6 Å². The van der Waals surface area contributed by atoms with E-state index in [4.69, 9.17) is 0 Å². The van der Waals surface area contributed by atoms with E-state index >= 15 is 0 Å². The number of hydrogen-bond donors (Lipinski definition) is 0. The van der Waals surface area contributed by atoms with Crippen molar-refractivity contribution in [2.45, 2.75) is 50.6 Å². The minimum atomic E-state index is -0.661. The molecule has 3 nitrogen and oxygen atoms in total. The molecule has 2 aromatic carbocycles. The van der Waals surface area contributed by atoms with Crippen LogP contribution in [-0.4, -0.2) is 40.9 Å². The third-order valence-corrected chi connectivity index (χ3v) is 6.55. The largest absolute Gasteiger partial charge is 0.342 e. The van der Waals surface area contributed by atoms with E-state index in [9.17, 15) is 18.0 Å². The fraction of sp³-hybridized carbons (Fsp3) is 0.458. The molecule has 160 valence electrons. The molecule has 2 fully saturated rings. The van der Waals surface area contributed by atoms with Crippen LogP contribution in [-0.2, 0) is 17.8 Å². The second-order valence-corrected chi connectivity index (χ2v) is 8.57. The summed E-state index contributed by atoms with van der Waals surface area (Å²) in [5, 5.41) is 0. The van der Waals surface area contributed by atoms with Gasteiger partial charge in [-0.05, 0) is 74.0 Å². The molecule has 1 unspecified atom stereocenters. The van der Waals surface area contributed by atoms with Crippen LogP contribution in [0.1, 0.15) is 43.2 Å². The van der Waals surface area contributed by atoms with E-state index in [-0.39, 0.29) is 23.7 Å². The summed E-state index contributed by atoms with van der Waals surface area (Å²) in [4.78, 5) is 17.1. The summed E-state index contributed by atoms with van der Waals surface area (Å²) in [6.07, 6.45) is 4.95. The van der Waals surface area contributed by atoms with Gasteiger partial charge in [-0.2, -0.15) is 0 Å². The molecule has 0 aliphatic carbocycles. The van der Waals surface area contributed by atoms with E-state index in [1.807, 2.05) is 11.0 Å². The van der Waals surface area contributed by atoms with E-state index in [1.165, 1.54) is 18.2 Å². The van der Waals surface area contributed by atoms with Crippen molar-refractivity contribution >= 4 is 5.91 Å². The Morgan fingerprint density at radius 1 is 0.833 bits per heavy atom. The van der Waals surface area contributed by atoms with Gasteiger partial charge < -0.3 is 4.90 Å². The van der Waals surface area contributed by atoms with Crippen LogP contribution in [0.2, 0.25) is 0 Å². The van der Waals surface area contributed by atoms with Crippen molar-refractivity contribution in [1.29, 1.82) is 0 Å². The van der Waals surface area contributed by atoms with Crippen molar-refractivity contribution in [2.24, 2.45) is 0 Å². The average Bonchev–Trinajstić information content (AvgIpc) is 2.92. The molecule has 0 saturated carbocycles. The van der Waals surface area contributed by atoms with Crippen molar-refractivity contribution < 1.29 is 18.0 Å². The van der Waals surface area contributed by atoms with Crippen LogP contribution < -0.4 is 0 Å². The number of amides is 1. The summed E-state index contributed by atoms with van der Waals surface area (Å²) in [7, 11) is 0.